The summed E-state index contributed by atoms with van der Waals surface area (Å²) < 4.78 is 15.4. The molecule has 0 heterocycles. The predicted octanol–water partition coefficient (Wildman–Crippen LogP) is 3.46. The highest BCUT2D eigenvalue weighted by molar-refractivity contribution is 7.85. The van der Waals surface area contributed by atoms with E-state index in [1.165, 1.54) is 6.26 Å². The maximum Gasteiger partial charge on any atom is 0.344 e. The van der Waals surface area contributed by atoms with Crippen LogP contribution < -0.4 is 0 Å². The molecule has 0 spiro atoms. The molecule has 0 aromatic heterocycles. The first-order valence-electron chi connectivity index (χ1n) is 8.17. The summed E-state index contributed by atoms with van der Waals surface area (Å²) in [5.74, 6) is -1.17. The summed E-state index contributed by atoms with van der Waals surface area (Å²) in [5.41, 5.74) is 1.48. The van der Waals surface area contributed by atoms with Crippen molar-refractivity contribution >= 4 is 24.6 Å². The topological polar surface area (TPSA) is 61.8 Å². The molecule has 0 N–H and O–H groups in total. The average molecular weight is 364 g/mol. The summed E-state index contributed by atoms with van der Waals surface area (Å²) in [6.45, 7) is 6.02. The van der Waals surface area contributed by atoms with E-state index < -0.39 is 11.9 Å². The molecule has 1 rings (SSSR count). The van der Waals surface area contributed by atoms with Gasteiger partial charge in [0.1, 0.15) is 0 Å². The van der Waals surface area contributed by atoms with Crippen LogP contribution in [0.5, 0.6) is 0 Å². The zero-order valence-corrected chi connectivity index (χ0v) is 15.7. The van der Waals surface area contributed by atoms with E-state index in [4.69, 9.17) is 14.2 Å². The number of benzene rings is 1. The molecule has 0 fully saturated rings. The van der Waals surface area contributed by atoms with Gasteiger partial charge in [0.15, 0.2) is 0 Å². The molecule has 6 heteroatoms. The molecular weight excluding hydrogens is 340 g/mol. The first-order chi connectivity index (χ1) is 12.0. The monoisotopic (exact) mass is 364 g/mol. The highest BCUT2D eigenvalue weighted by Gasteiger charge is 2.23. The molecule has 0 unspecified atom stereocenters. The van der Waals surface area contributed by atoms with Crippen LogP contribution in [0.25, 0.3) is 0 Å². The zero-order chi connectivity index (χ0) is 18.7. The van der Waals surface area contributed by atoms with Crippen LogP contribution >= 0.6 is 12.6 Å². The number of ether oxygens (including phenoxy) is 3. The van der Waals surface area contributed by atoms with E-state index in [2.05, 4.69) is 12.6 Å². The maximum absolute atomic E-state index is 12.4. The molecule has 0 aliphatic heterocycles. The van der Waals surface area contributed by atoms with Gasteiger partial charge in [0.25, 0.3) is 0 Å². The quantitative estimate of drug-likeness (QED) is 0.239. The molecule has 136 valence electrons. The Morgan fingerprint density at radius 3 is 2.12 bits per heavy atom. The number of rotatable bonds is 9. The number of hydrogen-bond donors (Lipinski definition) is 1. The van der Waals surface area contributed by atoms with E-state index in [0.717, 1.165) is 5.56 Å². The van der Waals surface area contributed by atoms with Crippen molar-refractivity contribution in [1.82, 2.24) is 0 Å². The number of carbonyl (C=O) groups excluding carboxylic acids is 2. The number of thiol groups is 1. The SMILES string of the molecule is CCOC=C(C(=O)OCC)C(Cc1ccccc1)=C(S)C(=O)OCC. The molecule has 0 aliphatic rings. The largest absolute Gasteiger partial charge is 0.501 e. The van der Waals surface area contributed by atoms with Gasteiger partial charge in [-0.05, 0) is 38.3 Å². The number of carbonyl (C=O) groups is 2. The van der Waals surface area contributed by atoms with Gasteiger partial charge in [-0.2, -0.15) is 0 Å². The van der Waals surface area contributed by atoms with Gasteiger partial charge in [-0.1, -0.05) is 30.3 Å². The van der Waals surface area contributed by atoms with Gasteiger partial charge >= 0.3 is 11.9 Å². The van der Waals surface area contributed by atoms with Crippen molar-refractivity contribution in [3.63, 3.8) is 0 Å². The van der Waals surface area contributed by atoms with E-state index in [9.17, 15) is 9.59 Å². The third-order valence-electron chi connectivity index (χ3n) is 3.17. The third-order valence-corrected chi connectivity index (χ3v) is 3.62. The molecule has 0 saturated carbocycles. The molecule has 25 heavy (non-hydrogen) atoms. The first-order valence-corrected chi connectivity index (χ1v) is 8.62. The van der Waals surface area contributed by atoms with E-state index in [-0.39, 0.29) is 23.7 Å². The molecule has 0 radical (unpaired) electrons. The smallest absolute Gasteiger partial charge is 0.344 e. The molecule has 0 aliphatic carbocycles. The fraction of sp³-hybridized carbons (Fsp3) is 0.368. The highest BCUT2D eigenvalue weighted by atomic mass is 32.1. The van der Waals surface area contributed by atoms with Gasteiger partial charge in [-0.15, -0.1) is 12.6 Å². The van der Waals surface area contributed by atoms with Crippen LogP contribution in [-0.4, -0.2) is 31.8 Å². The summed E-state index contributed by atoms with van der Waals surface area (Å²) in [5, 5.41) is 0. The normalized spacial score (nSPS) is 12.2. The molecule has 0 amide bonds. The Bertz CT molecular complexity index is 634. The Kier molecular flexibility index (Phi) is 9.47. The Morgan fingerprint density at radius 1 is 0.960 bits per heavy atom. The van der Waals surface area contributed by atoms with Crippen molar-refractivity contribution in [3.8, 4) is 0 Å². The Balaban J connectivity index is 3.36. The average Bonchev–Trinajstić information content (AvgIpc) is 2.61. The summed E-state index contributed by atoms with van der Waals surface area (Å²) in [4.78, 5) is 24.6. The second-order valence-corrected chi connectivity index (χ2v) is 5.36. The fourth-order valence-electron chi connectivity index (χ4n) is 2.05. The fourth-order valence-corrected chi connectivity index (χ4v) is 2.31. The lowest BCUT2D eigenvalue weighted by molar-refractivity contribution is -0.138. The van der Waals surface area contributed by atoms with Crippen molar-refractivity contribution in [3.05, 3.63) is 58.2 Å². The van der Waals surface area contributed by atoms with Crippen molar-refractivity contribution in [2.75, 3.05) is 19.8 Å². The summed E-state index contributed by atoms with van der Waals surface area (Å²) in [6.07, 6.45) is 1.63. The lowest BCUT2D eigenvalue weighted by Crippen LogP contribution is -2.16. The standard InChI is InChI=1S/C19H24O5S/c1-4-22-13-16(18(20)23-5-2)15(17(25)19(21)24-6-3)12-14-10-8-7-9-11-14/h7-11,13,25H,4-6,12H2,1-3H3. The van der Waals surface area contributed by atoms with Crippen LogP contribution in [0.2, 0.25) is 0 Å². The molecule has 0 saturated heterocycles. The minimum Gasteiger partial charge on any atom is -0.501 e. The van der Waals surface area contributed by atoms with E-state index in [0.29, 0.717) is 18.6 Å². The highest BCUT2D eigenvalue weighted by Crippen LogP contribution is 2.25. The maximum atomic E-state index is 12.4. The molecule has 1 aromatic carbocycles. The molecular formula is C19H24O5S. The Labute approximate surface area is 154 Å². The third kappa shape index (κ3) is 6.66. The molecule has 0 bridgehead atoms. The summed E-state index contributed by atoms with van der Waals surface area (Å²) in [6, 6.07) is 9.45. The minimum atomic E-state index is -0.594. The van der Waals surface area contributed by atoms with Crippen LogP contribution in [0.4, 0.5) is 0 Å². The van der Waals surface area contributed by atoms with Crippen LogP contribution in [0.1, 0.15) is 26.3 Å². The van der Waals surface area contributed by atoms with Crippen molar-refractivity contribution in [1.29, 1.82) is 0 Å². The van der Waals surface area contributed by atoms with Crippen LogP contribution in [-0.2, 0) is 30.2 Å². The number of esters is 2. The van der Waals surface area contributed by atoms with Crippen LogP contribution in [0, 0.1) is 0 Å². The zero-order valence-electron chi connectivity index (χ0n) is 14.8. The van der Waals surface area contributed by atoms with Gasteiger partial charge in [0.05, 0.1) is 36.6 Å². The number of hydrogen-bond acceptors (Lipinski definition) is 6. The summed E-state index contributed by atoms with van der Waals surface area (Å²) >= 11 is 4.31. The summed E-state index contributed by atoms with van der Waals surface area (Å²) in [7, 11) is 0. The van der Waals surface area contributed by atoms with E-state index >= 15 is 0 Å². The molecule has 0 atom stereocenters. The van der Waals surface area contributed by atoms with Gasteiger partial charge < -0.3 is 14.2 Å². The van der Waals surface area contributed by atoms with Gasteiger partial charge in [-0.3, -0.25) is 0 Å². The lowest BCUT2D eigenvalue weighted by Gasteiger charge is -2.14. The lowest BCUT2D eigenvalue weighted by atomic mass is 9.98. The van der Waals surface area contributed by atoms with Crippen molar-refractivity contribution < 1.29 is 23.8 Å². The minimum absolute atomic E-state index is 0.0599. The van der Waals surface area contributed by atoms with Gasteiger partial charge in [-0.25, -0.2) is 9.59 Å². The van der Waals surface area contributed by atoms with Crippen molar-refractivity contribution in [2.45, 2.75) is 27.2 Å². The van der Waals surface area contributed by atoms with Crippen molar-refractivity contribution in [2.24, 2.45) is 0 Å². The first kappa shape index (κ1) is 20.8. The second-order valence-electron chi connectivity index (χ2n) is 4.92. The van der Waals surface area contributed by atoms with Gasteiger partial charge in [0, 0.05) is 0 Å². The second kappa shape index (κ2) is 11.4. The predicted molar refractivity (Wildman–Crippen MR) is 99.1 cm³/mol. The van der Waals surface area contributed by atoms with Crippen LogP contribution in [0.3, 0.4) is 0 Å². The van der Waals surface area contributed by atoms with Crippen LogP contribution in [0.15, 0.2) is 52.6 Å². The Morgan fingerprint density at radius 2 is 1.56 bits per heavy atom. The van der Waals surface area contributed by atoms with Gasteiger partial charge in [0.2, 0.25) is 0 Å². The molecule has 1 aromatic rings. The van der Waals surface area contributed by atoms with E-state index in [1.54, 1.807) is 20.8 Å². The molecule has 5 nitrogen and oxygen atoms in total. The van der Waals surface area contributed by atoms with E-state index in [1.807, 2.05) is 30.3 Å². The Hall–Kier alpha value is -2.21.